The highest BCUT2D eigenvalue weighted by atomic mass is 16.5. The number of nitrogens with one attached hydrogen (secondary N) is 1. The Morgan fingerprint density at radius 2 is 2.14 bits per heavy atom. The summed E-state index contributed by atoms with van der Waals surface area (Å²) in [6.07, 6.45) is 4.22. The van der Waals surface area contributed by atoms with Crippen LogP contribution in [0, 0.1) is 0 Å². The molecule has 2 aromatic rings. The monoisotopic (exact) mass is 287 g/mol. The third kappa shape index (κ3) is 4.43. The van der Waals surface area contributed by atoms with Gasteiger partial charge in [-0.3, -0.25) is 4.79 Å². The zero-order chi connectivity index (χ0) is 15.1. The van der Waals surface area contributed by atoms with Crippen molar-refractivity contribution in [2.75, 3.05) is 13.2 Å². The molecule has 21 heavy (non-hydrogen) atoms. The average Bonchev–Trinajstić information content (AvgIpc) is 2.98. The molecule has 0 radical (unpaired) electrons. The van der Waals surface area contributed by atoms with Gasteiger partial charge in [0.25, 0.3) is 0 Å². The van der Waals surface area contributed by atoms with Crippen LogP contribution in [0.25, 0.3) is 5.69 Å². The summed E-state index contributed by atoms with van der Waals surface area (Å²) < 4.78 is 6.74. The molecule has 0 amide bonds. The molecule has 5 heteroatoms. The van der Waals surface area contributed by atoms with Gasteiger partial charge in [0.2, 0.25) is 0 Å². The maximum Gasteiger partial charge on any atom is 0.307 e. The Balaban J connectivity index is 1.88. The highest BCUT2D eigenvalue weighted by Crippen LogP contribution is 2.14. The summed E-state index contributed by atoms with van der Waals surface area (Å²) in [4.78, 5) is 11.3. The van der Waals surface area contributed by atoms with Crippen LogP contribution in [-0.4, -0.2) is 28.9 Å². The lowest BCUT2D eigenvalue weighted by Crippen LogP contribution is -2.22. The number of benzene rings is 1. The van der Waals surface area contributed by atoms with Crippen LogP contribution >= 0.6 is 0 Å². The molecule has 0 fully saturated rings. The van der Waals surface area contributed by atoms with Gasteiger partial charge >= 0.3 is 5.97 Å². The van der Waals surface area contributed by atoms with Crippen LogP contribution in [0.2, 0.25) is 0 Å². The van der Waals surface area contributed by atoms with E-state index in [4.69, 9.17) is 4.74 Å². The fourth-order valence-electron chi connectivity index (χ4n) is 2.02. The van der Waals surface area contributed by atoms with Crippen molar-refractivity contribution in [3.05, 3.63) is 48.3 Å². The highest BCUT2D eigenvalue weighted by molar-refractivity contribution is 5.69. The van der Waals surface area contributed by atoms with E-state index in [0.717, 1.165) is 11.3 Å². The van der Waals surface area contributed by atoms with Crippen molar-refractivity contribution < 1.29 is 9.53 Å². The Labute approximate surface area is 124 Å². The summed E-state index contributed by atoms with van der Waals surface area (Å²) >= 11 is 0. The molecule has 0 aliphatic carbocycles. The zero-order valence-electron chi connectivity index (χ0n) is 12.5. The number of carbonyl (C=O) groups is 1. The lowest BCUT2D eigenvalue weighted by molar-refractivity contribution is -0.143. The number of ether oxygens (including phenoxy) is 1. The van der Waals surface area contributed by atoms with E-state index in [1.807, 2.05) is 54.3 Å². The van der Waals surface area contributed by atoms with Crippen molar-refractivity contribution in [2.24, 2.45) is 0 Å². The number of esters is 1. The van der Waals surface area contributed by atoms with Gasteiger partial charge in [0.05, 0.1) is 24.9 Å². The van der Waals surface area contributed by atoms with E-state index in [1.165, 1.54) is 0 Å². The van der Waals surface area contributed by atoms with Crippen molar-refractivity contribution in [2.45, 2.75) is 26.3 Å². The molecule has 2 rings (SSSR count). The van der Waals surface area contributed by atoms with Gasteiger partial charge in [-0.05, 0) is 26.0 Å². The molecule has 0 saturated heterocycles. The first-order valence-corrected chi connectivity index (χ1v) is 7.19. The van der Waals surface area contributed by atoms with Gasteiger partial charge in [0, 0.05) is 24.3 Å². The van der Waals surface area contributed by atoms with Crippen LogP contribution < -0.4 is 5.32 Å². The van der Waals surface area contributed by atoms with Crippen molar-refractivity contribution in [1.82, 2.24) is 15.1 Å². The maximum absolute atomic E-state index is 11.3. The highest BCUT2D eigenvalue weighted by Gasteiger charge is 2.09. The molecule has 1 unspecified atom stereocenters. The van der Waals surface area contributed by atoms with Crippen molar-refractivity contribution in [3.63, 3.8) is 0 Å². The van der Waals surface area contributed by atoms with E-state index < -0.39 is 0 Å². The molecule has 0 aliphatic rings. The van der Waals surface area contributed by atoms with Crippen LogP contribution in [-0.2, 0) is 9.53 Å². The van der Waals surface area contributed by atoms with Gasteiger partial charge in [0.1, 0.15) is 0 Å². The zero-order valence-corrected chi connectivity index (χ0v) is 12.5. The third-order valence-corrected chi connectivity index (χ3v) is 3.21. The summed E-state index contributed by atoms with van der Waals surface area (Å²) in [6, 6.07) is 10.1. The molecule has 1 N–H and O–H groups in total. The van der Waals surface area contributed by atoms with Crippen molar-refractivity contribution in [3.8, 4) is 5.69 Å². The first-order valence-electron chi connectivity index (χ1n) is 7.19. The number of hydrogen-bond acceptors (Lipinski definition) is 4. The minimum atomic E-state index is -0.169. The van der Waals surface area contributed by atoms with Gasteiger partial charge in [-0.15, -0.1) is 0 Å². The molecule has 0 bridgehead atoms. The van der Waals surface area contributed by atoms with Crippen molar-refractivity contribution >= 4 is 5.97 Å². The number of hydrogen-bond donors (Lipinski definition) is 1. The molecular weight excluding hydrogens is 266 g/mol. The van der Waals surface area contributed by atoms with E-state index in [1.54, 1.807) is 0 Å². The first-order chi connectivity index (χ1) is 10.2. The standard InChI is InChI=1S/C16H21N3O2/c1-3-21-16(20)9-10-17-13(2)14-11-18-19(12-14)15-7-5-4-6-8-15/h4-8,11-13,17H,3,9-10H2,1-2H3. The van der Waals surface area contributed by atoms with Crippen LogP contribution in [0.5, 0.6) is 0 Å². The number of carbonyl (C=O) groups excluding carboxylic acids is 1. The quantitative estimate of drug-likeness (QED) is 0.795. The van der Waals surface area contributed by atoms with Gasteiger partial charge in [0.15, 0.2) is 0 Å². The van der Waals surface area contributed by atoms with Crippen LogP contribution in [0.1, 0.15) is 31.9 Å². The van der Waals surface area contributed by atoms with Gasteiger partial charge in [-0.1, -0.05) is 18.2 Å². The van der Waals surface area contributed by atoms with E-state index in [9.17, 15) is 4.79 Å². The normalized spacial score (nSPS) is 12.1. The molecule has 1 heterocycles. The lowest BCUT2D eigenvalue weighted by atomic mass is 10.2. The summed E-state index contributed by atoms with van der Waals surface area (Å²) in [5, 5.41) is 7.66. The number of nitrogens with zero attached hydrogens (tertiary/aromatic N) is 2. The largest absolute Gasteiger partial charge is 0.466 e. The molecular formula is C16H21N3O2. The fourth-order valence-corrected chi connectivity index (χ4v) is 2.02. The summed E-state index contributed by atoms with van der Waals surface area (Å²) in [5.74, 6) is -0.169. The Morgan fingerprint density at radius 1 is 1.38 bits per heavy atom. The topological polar surface area (TPSA) is 56.1 Å². The Kier molecular flexibility index (Phi) is 5.51. The predicted molar refractivity (Wildman–Crippen MR) is 81.2 cm³/mol. The second kappa shape index (κ2) is 7.59. The molecule has 0 spiro atoms. The van der Waals surface area contributed by atoms with Gasteiger partial charge in [-0.2, -0.15) is 5.10 Å². The van der Waals surface area contributed by atoms with Crippen LogP contribution in [0.3, 0.4) is 0 Å². The molecule has 0 aliphatic heterocycles. The minimum Gasteiger partial charge on any atom is -0.466 e. The average molecular weight is 287 g/mol. The minimum absolute atomic E-state index is 0.136. The maximum atomic E-state index is 11.3. The van der Waals surface area contributed by atoms with Gasteiger partial charge < -0.3 is 10.1 Å². The second-order valence-electron chi connectivity index (χ2n) is 4.78. The van der Waals surface area contributed by atoms with E-state index in [0.29, 0.717) is 19.6 Å². The molecule has 1 atom stereocenters. The molecule has 0 saturated carbocycles. The second-order valence-corrected chi connectivity index (χ2v) is 4.78. The number of aromatic nitrogens is 2. The Morgan fingerprint density at radius 3 is 2.86 bits per heavy atom. The number of rotatable bonds is 7. The van der Waals surface area contributed by atoms with Crippen LogP contribution in [0.4, 0.5) is 0 Å². The SMILES string of the molecule is CCOC(=O)CCNC(C)c1cnn(-c2ccccc2)c1. The van der Waals surface area contributed by atoms with E-state index >= 15 is 0 Å². The first kappa shape index (κ1) is 15.3. The van der Waals surface area contributed by atoms with E-state index in [-0.39, 0.29) is 12.0 Å². The molecule has 1 aromatic heterocycles. The Hall–Kier alpha value is -2.14. The predicted octanol–water partition coefficient (Wildman–Crippen LogP) is 2.48. The smallest absolute Gasteiger partial charge is 0.307 e. The number of para-hydroxylation sites is 1. The molecule has 5 nitrogen and oxygen atoms in total. The fraction of sp³-hybridized carbons (Fsp3) is 0.375. The summed E-state index contributed by atoms with van der Waals surface area (Å²) in [5.41, 5.74) is 2.12. The summed E-state index contributed by atoms with van der Waals surface area (Å²) in [6.45, 7) is 4.89. The van der Waals surface area contributed by atoms with E-state index in [2.05, 4.69) is 17.3 Å². The third-order valence-electron chi connectivity index (χ3n) is 3.21. The van der Waals surface area contributed by atoms with Gasteiger partial charge in [-0.25, -0.2) is 4.68 Å². The molecule has 112 valence electrons. The summed E-state index contributed by atoms with van der Waals surface area (Å²) in [7, 11) is 0. The van der Waals surface area contributed by atoms with Crippen LogP contribution in [0.15, 0.2) is 42.7 Å². The Bertz CT molecular complexity index is 566. The molecule has 1 aromatic carbocycles. The lowest BCUT2D eigenvalue weighted by Gasteiger charge is -2.11. The van der Waals surface area contributed by atoms with Crippen molar-refractivity contribution in [1.29, 1.82) is 0 Å².